The number of ether oxygens (including phenoxy) is 1. The lowest BCUT2D eigenvalue weighted by molar-refractivity contribution is -0.137. The summed E-state index contributed by atoms with van der Waals surface area (Å²) in [5.41, 5.74) is 1.28. The van der Waals surface area contributed by atoms with Gasteiger partial charge in [-0.1, -0.05) is 29.3 Å². The van der Waals surface area contributed by atoms with Gasteiger partial charge in [0.1, 0.15) is 0 Å². The minimum absolute atomic E-state index is 0.348. The lowest BCUT2D eigenvalue weighted by atomic mass is 10.3. The minimum atomic E-state index is -0.393. The van der Waals surface area contributed by atoms with Gasteiger partial charge in [-0.05, 0) is 26.0 Å². The Kier molecular flexibility index (Phi) is 5.32. The molecule has 3 nitrogen and oxygen atoms in total. The van der Waals surface area contributed by atoms with Gasteiger partial charge >= 0.3 is 5.97 Å². The average molecular weight is 274 g/mol. The number of benzene rings is 1. The molecule has 0 aliphatic rings. The molecule has 1 N–H and O–H groups in total. The van der Waals surface area contributed by atoms with Crippen molar-refractivity contribution in [1.82, 2.24) is 0 Å². The quantitative estimate of drug-likeness (QED) is 0.669. The van der Waals surface area contributed by atoms with E-state index < -0.39 is 5.97 Å². The standard InChI is InChI=1S/C12H13Cl2NO2/c1-3-17-11(16)7-8(2)15-10-6-4-5-9(13)12(10)14/h4-7,15H,3H2,1-2H3/b8-7+. The fraction of sp³-hybridized carbons (Fsp3) is 0.250. The molecule has 0 aliphatic heterocycles. The van der Waals surface area contributed by atoms with Crippen LogP contribution < -0.4 is 5.32 Å². The van der Waals surface area contributed by atoms with E-state index in [1.54, 1.807) is 32.0 Å². The van der Waals surface area contributed by atoms with Crippen molar-refractivity contribution in [2.24, 2.45) is 0 Å². The lowest BCUT2D eigenvalue weighted by Crippen LogP contribution is -2.04. The third kappa shape index (κ3) is 4.29. The first kappa shape index (κ1) is 13.9. The highest BCUT2D eigenvalue weighted by Gasteiger charge is 2.05. The highest BCUT2D eigenvalue weighted by molar-refractivity contribution is 6.43. The number of rotatable bonds is 4. The van der Waals surface area contributed by atoms with Crippen molar-refractivity contribution in [3.8, 4) is 0 Å². The number of anilines is 1. The number of allylic oxidation sites excluding steroid dienone is 1. The first-order valence-corrected chi connectivity index (χ1v) is 5.86. The zero-order valence-corrected chi connectivity index (χ0v) is 11.1. The summed E-state index contributed by atoms with van der Waals surface area (Å²) in [6.07, 6.45) is 1.36. The Hall–Kier alpha value is -1.19. The molecule has 0 radical (unpaired) electrons. The van der Waals surface area contributed by atoms with Gasteiger partial charge in [0, 0.05) is 11.8 Å². The number of nitrogens with one attached hydrogen (secondary N) is 1. The second-order valence-corrected chi connectivity index (χ2v) is 4.09. The monoisotopic (exact) mass is 273 g/mol. The first-order valence-electron chi connectivity index (χ1n) is 5.10. The van der Waals surface area contributed by atoms with E-state index in [1.165, 1.54) is 6.08 Å². The number of carbonyl (C=O) groups is 1. The minimum Gasteiger partial charge on any atom is -0.463 e. The molecule has 0 saturated heterocycles. The molecule has 0 unspecified atom stereocenters. The Bertz CT molecular complexity index is 444. The largest absolute Gasteiger partial charge is 0.463 e. The van der Waals surface area contributed by atoms with Gasteiger partial charge in [-0.3, -0.25) is 0 Å². The Labute approximate surface area is 110 Å². The number of hydrogen-bond acceptors (Lipinski definition) is 3. The molecule has 92 valence electrons. The number of halogens is 2. The van der Waals surface area contributed by atoms with E-state index in [0.29, 0.717) is 28.0 Å². The van der Waals surface area contributed by atoms with Gasteiger partial charge in [0.25, 0.3) is 0 Å². The zero-order chi connectivity index (χ0) is 12.8. The van der Waals surface area contributed by atoms with Crippen LogP contribution in [0, 0.1) is 0 Å². The molecule has 0 heterocycles. The average Bonchev–Trinajstić information content (AvgIpc) is 2.25. The van der Waals surface area contributed by atoms with Gasteiger partial charge in [0.05, 0.1) is 22.3 Å². The number of esters is 1. The molecule has 1 aromatic carbocycles. The lowest BCUT2D eigenvalue weighted by Gasteiger charge is -2.09. The molecule has 1 aromatic rings. The summed E-state index contributed by atoms with van der Waals surface area (Å²) in [6, 6.07) is 5.24. The van der Waals surface area contributed by atoms with Crippen LogP contribution in [0.15, 0.2) is 30.0 Å². The predicted octanol–water partition coefficient (Wildman–Crippen LogP) is 3.87. The molecule has 0 amide bonds. The Morgan fingerprint density at radius 1 is 1.47 bits per heavy atom. The summed E-state index contributed by atoms with van der Waals surface area (Å²) in [5.74, 6) is -0.393. The third-order valence-electron chi connectivity index (χ3n) is 1.90. The molecule has 0 atom stereocenters. The SMILES string of the molecule is CCOC(=O)/C=C(\C)Nc1cccc(Cl)c1Cl. The van der Waals surface area contributed by atoms with Gasteiger partial charge in [-0.25, -0.2) is 4.79 Å². The van der Waals surface area contributed by atoms with Gasteiger partial charge in [-0.2, -0.15) is 0 Å². The summed E-state index contributed by atoms with van der Waals surface area (Å²) in [4.78, 5) is 11.2. The third-order valence-corrected chi connectivity index (χ3v) is 2.72. The molecule has 0 fully saturated rings. The topological polar surface area (TPSA) is 38.3 Å². The Morgan fingerprint density at radius 3 is 2.82 bits per heavy atom. The predicted molar refractivity (Wildman–Crippen MR) is 70.5 cm³/mol. The Balaban J connectivity index is 2.77. The molecule has 0 spiro atoms. The maximum absolute atomic E-state index is 11.2. The summed E-state index contributed by atoms with van der Waals surface area (Å²) in [7, 11) is 0. The normalized spacial score (nSPS) is 11.2. The molecule has 1 rings (SSSR count). The highest BCUT2D eigenvalue weighted by Crippen LogP contribution is 2.30. The van der Waals surface area contributed by atoms with Crippen LogP contribution in [0.5, 0.6) is 0 Å². The molecule has 0 saturated carbocycles. The van der Waals surface area contributed by atoms with Crippen molar-refractivity contribution in [2.45, 2.75) is 13.8 Å². The number of hydrogen-bond donors (Lipinski definition) is 1. The van der Waals surface area contributed by atoms with Crippen LogP contribution in [0.2, 0.25) is 10.0 Å². The molecule has 5 heteroatoms. The number of carbonyl (C=O) groups excluding carboxylic acids is 1. The van der Waals surface area contributed by atoms with E-state index in [1.807, 2.05) is 0 Å². The van der Waals surface area contributed by atoms with E-state index in [0.717, 1.165) is 0 Å². The summed E-state index contributed by atoms with van der Waals surface area (Å²) in [6.45, 7) is 3.84. The van der Waals surface area contributed by atoms with E-state index in [9.17, 15) is 4.79 Å². The molecular formula is C12H13Cl2NO2. The molecular weight excluding hydrogens is 261 g/mol. The molecule has 0 aliphatic carbocycles. The van der Waals surface area contributed by atoms with Crippen LogP contribution in [0.1, 0.15) is 13.8 Å². The zero-order valence-electron chi connectivity index (χ0n) is 9.59. The Morgan fingerprint density at radius 2 is 2.18 bits per heavy atom. The van der Waals surface area contributed by atoms with E-state index in [4.69, 9.17) is 27.9 Å². The van der Waals surface area contributed by atoms with E-state index in [-0.39, 0.29) is 0 Å². The van der Waals surface area contributed by atoms with E-state index in [2.05, 4.69) is 5.32 Å². The van der Waals surface area contributed by atoms with Crippen LogP contribution in [0.4, 0.5) is 5.69 Å². The van der Waals surface area contributed by atoms with Crippen molar-refractivity contribution in [1.29, 1.82) is 0 Å². The first-order chi connectivity index (χ1) is 8.04. The van der Waals surface area contributed by atoms with Crippen molar-refractivity contribution < 1.29 is 9.53 Å². The van der Waals surface area contributed by atoms with Crippen LogP contribution in [-0.4, -0.2) is 12.6 Å². The fourth-order valence-electron chi connectivity index (χ4n) is 1.21. The van der Waals surface area contributed by atoms with Crippen LogP contribution in [-0.2, 0) is 9.53 Å². The summed E-state index contributed by atoms with van der Waals surface area (Å²) >= 11 is 11.9. The van der Waals surface area contributed by atoms with Gasteiger partial charge in [0.15, 0.2) is 0 Å². The summed E-state index contributed by atoms with van der Waals surface area (Å²) < 4.78 is 4.79. The van der Waals surface area contributed by atoms with Gasteiger partial charge < -0.3 is 10.1 Å². The van der Waals surface area contributed by atoms with Crippen molar-refractivity contribution in [3.05, 3.63) is 40.0 Å². The van der Waals surface area contributed by atoms with Crippen LogP contribution in [0.3, 0.4) is 0 Å². The highest BCUT2D eigenvalue weighted by atomic mass is 35.5. The molecule has 0 aromatic heterocycles. The van der Waals surface area contributed by atoms with Crippen molar-refractivity contribution in [2.75, 3.05) is 11.9 Å². The smallest absolute Gasteiger partial charge is 0.332 e. The van der Waals surface area contributed by atoms with Crippen LogP contribution in [0.25, 0.3) is 0 Å². The van der Waals surface area contributed by atoms with Crippen molar-refractivity contribution >= 4 is 34.9 Å². The van der Waals surface area contributed by atoms with Gasteiger partial charge in [-0.15, -0.1) is 0 Å². The fourth-order valence-corrected chi connectivity index (χ4v) is 1.56. The summed E-state index contributed by atoms with van der Waals surface area (Å²) in [5, 5.41) is 3.87. The molecule has 0 bridgehead atoms. The van der Waals surface area contributed by atoms with E-state index >= 15 is 0 Å². The molecule has 17 heavy (non-hydrogen) atoms. The maximum Gasteiger partial charge on any atom is 0.332 e. The second kappa shape index (κ2) is 6.52. The van der Waals surface area contributed by atoms with Gasteiger partial charge in [0.2, 0.25) is 0 Å². The van der Waals surface area contributed by atoms with Crippen LogP contribution >= 0.6 is 23.2 Å². The van der Waals surface area contributed by atoms with Crippen molar-refractivity contribution in [3.63, 3.8) is 0 Å². The maximum atomic E-state index is 11.2. The second-order valence-electron chi connectivity index (χ2n) is 3.31.